The van der Waals surface area contributed by atoms with Gasteiger partial charge >= 0.3 is 0 Å². The first-order chi connectivity index (χ1) is 9.13. The van der Waals surface area contributed by atoms with Crippen LogP contribution in [0.3, 0.4) is 0 Å². The van der Waals surface area contributed by atoms with Gasteiger partial charge in [0.25, 0.3) is 0 Å². The van der Waals surface area contributed by atoms with Crippen molar-refractivity contribution in [2.45, 2.75) is 12.8 Å². The lowest BCUT2D eigenvalue weighted by molar-refractivity contribution is -0.117. The van der Waals surface area contributed by atoms with Crippen LogP contribution in [0.1, 0.15) is 24.0 Å². The molecule has 0 aliphatic heterocycles. The highest BCUT2D eigenvalue weighted by Gasteiger charge is 2.22. The number of methoxy groups -OCH3 is 1. The van der Waals surface area contributed by atoms with E-state index >= 15 is 0 Å². The molecule has 98 valence electrons. The zero-order chi connectivity index (χ0) is 13.8. The van der Waals surface area contributed by atoms with Crippen molar-refractivity contribution < 1.29 is 14.6 Å². The average molecular weight is 256 g/mol. The van der Waals surface area contributed by atoms with Gasteiger partial charge in [-0.25, -0.2) is 0 Å². The second kappa shape index (κ2) is 5.57. The van der Waals surface area contributed by atoms with Crippen LogP contribution in [0.25, 0.3) is 0 Å². The molecule has 0 heterocycles. The second-order valence-electron chi connectivity index (χ2n) is 4.38. The van der Waals surface area contributed by atoms with Crippen LogP contribution in [0.5, 0.6) is 11.5 Å². The van der Waals surface area contributed by atoms with Crippen LogP contribution in [0.15, 0.2) is 48.5 Å². The topological polar surface area (TPSA) is 46.5 Å². The Balaban J connectivity index is 2.49. The third-order valence-corrected chi connectivity index (χ3v) is 3.09. The van der Waals surface area contributed by atoms with Gasteiger partial charge in [-0.1, -0.05) is 36.4 Å². The summed E-state index contributed by atoms with van der Waals surface area (Å²) in [7, 11) is 1.54. The van der Waals surface area contributed by atoms with Crippen molar-refractivity contribution in [1.82, 2.24) is 0 Å². The van der Waals surface area contributed by atoms with E-state index in [0.29, 0.717) is 11.3 Å². The molecule has 0 saturated heterocycles. The first-order valence-electron chi connectivity index (χ1n) is 6.05. The van der Waals surface area contributed by atoms with Crippen molar-refractivity contribution in [3.63, 3.8) is 0 Å². The van der Waals surface area contributed by atoms with Gasteiger partial charge in [0, 0.05) is 11.6 Å². The molecule has 2 rings (SSSR count). The van der Waals surface area contributed by atoms with Crippen LogP contribution in [-0.2, 0) is 4.79 Å². The summed E-state index contributed by atoms with van der Waals surface area (Å²) >= 11 is 0. The van der Waals surface area contributed by atoms with E-state index in [-0.39, 0.29) is 11.5 Å². The molecule has 19 heavy (non-hydrogen) atoms. The Bertz CT molecular complexity index is 576. The monoisotopic (exact) mass is 256 g/mol. The van der Waals surface area contributed by atoms with E-state index in [1.807, 2.05) is 30.3 Å². The van der Waals surface area contributed by atoms with Crippen LogP contribution in [0.4, 0.5) is 0 Å². The third kappa shape index (κ3) is 2.76. The molecule has 1 atom stereocenters. The first kappa shape index (κ1) is 13.1. The lowest BCUT2D eigenvalue weighted by Crippen LogP contribution is -2.10. The highest BCUT2D eigenvalue weighted by molar-refractivity contribution is 5.87. The Labute approximate surface area is 112 Å². The Morgan fingerprint density at radius 3 is 2.37 bits per heavy atom. The Morgan fingerprint density at radius 2 is 1.84 bits per heavy atom. The lowest BCUT2D eigenvalue weighted by atomic mass is 9.87. The molecule has 0 aliphatic rings. The average Bonchev–Trinajstić information content (AvgIpc) is 2.41. The van der Waals surface area contributed by atoms with Gasteiger partial charge in [0.05, 0.1) is 13.0 Å². The van der Waals surface area contributed by atoms with E-state index in [1.165, 1.54) is 20.1 Å². The van der Waals surface area contributed by atoms with Crippen LogP contribution >= 0.6 is 0 Å². The molecule has 3 nitrogen and oxygen atoms in total. The number of phenolic OH excluding ortho intramolecular Hbond substituents is 1. The summed E-state index contributed by atoms with van der Waals surface area (Å²) in [4.78, 5) is 11.9. The van der Waals surface area contributed by atoms with E-state index in [9.17, 15) is 9.90 Å². The molecular formula is C16H16O3. The van der Waals surface area contributed by atoms with Crippen molar-refractivity contribution in [2.75, 3.05) is 7.11 Å². The second-order valence-corrected chi connectivity index (χ2v) is 4.38. The Hall–Kier alpha value is -2.29. The molecule has 0 amide bonds. The van der Waals surface area contributed by atoms with Gasteiger partial charge in [-0.3, -0.25) is 4.79 Å². The third-order valence-electron chi connectivity index (χ3n) is 3.09. The summed E-state index contributed by atoms with van der Waals surface area (Å²) in [6.07, 6.45) is 0. The van der Waals surface area contributed by atoms with Crippen molar-refractivity contribution in [1.29, 1.82) is 0 Å². The number of aromatic hydroxyl groups is 1. The predicted molar refractivity (Wildman–Crippen MR) is 73.6 cm³/mol. The minimum Gasteiger partial charge on any atom is -0.507 e. The van der Waals surface area contributed by atoms with Gasteiger partial charge in [-0.15, -0.1) is 0 Å². The molecule has 2 aromatic rings. The van der Waals surface area contributed by atoms with Crippen LogP contribution in [0, 0.1) is 0 Å². The fourth-order valence-corrected chi connectivity index (χ4v) is 2.17. The van der Waals surface area contributed by atoms with Crippen molar-refractivity contribution >= 4 is 5.78 Å². The van der Waals surface area contributed by atoms with Crippen molar-refractivity contribution in [3.05, 3.63) is 59.7 Å². The number of Topliss-reactive ketones (excluding diaryl/α,β-unsaturated/α-hetero) is 1. The number of carbonyl (C=O) groups excluding carboxylic acids is 1. The lowest BCUT2D eigenvalue weighted by Gasteiger charge is -2.16. The number of hydrogen-bond donors (Lipinski definition) is 1. The summed E-state index contributed by atoms with van der Waals surface area (Å²) < 4.78 is 5.05. The van der Waals surface area contributed by atoms with Crippen molar-refractivity contribution in [2.24, 2.45) is 0 Å². The van der Waals surface area contributed by atoms with Gasteiger partial charge in [-0.05, 0) is 18.6 Å². The van der Waals surface area contributed by atoms with Crippen LogP contribution in [0.2, 0.25) is 0 Å². The Kier molecular flexibility index (Phi) is 3.85. The van der Waals surface area contributed by atoms with E-state index in [2.05, 4.69) is 0 Å². The van der Waals surface area contributed by atoms with Crippen LogP contribution < -0.4 is 4.74 Å². The number of ether oxygens (including phenoxy) is 1. The molecule has 0 aliphatic carbocycles. The maximum atomic E-state index is 11.9. The molecule has 2 aromatic carbocycles. The van der Waals surface area contributed by atoms with E-state index in [0.717, 1.165) is 5.56 Å². The fourth-order valence-electron chi connectivity index (χ4n) is 2.17. The zero-order valence-electron chi connectivity index (χ0n) is 11.0. The highest BCUT2D eigenvalue weighted by Crippen LogP contribution is 2.34. The number of hydrogen-bond acceptors (Lipinski definition) is 3. The van der Waals surface area contributed by atoms with Crippen LogP contribution in [-0.4, -0.2) is 18.0 Å². The highest BCUT2D eigenvalue weighted by atomic mass is 16.5. The number of ketones is 1. The standard InChI is InChI=1S/C16H16O3/c1-11(17)16(12-6-4-3-5-7-12)14-9-8-13(19-2)10-15(14)18/h3-10,16,18H,1-2H3. The molecule has 0 saturated carbocycles. The SMILES string of the molecule is COc1ccc(C(C(C)=O)c2ccccc2)c(O)c1. The summed E-state index contributed by atoms with van der Waals surface area (Å²) in [5, 5.41) is 10.1. The molecule has 1 N–H and O–H groups in total. The van der Waals surface area contributed by atoms with E-state index < -0.39 is 5.92 Å². The normalized spacial score (nSPS) is 11.9. The number of phenols is 1. The fraction of sp³-hybridized carbons (Fsp3) is 0.188. The van der Waals surface area contributed by atoms with E-state index in [1.54, 1.807) is 12.1 Å². The van der Waals surface area contributed by atoms with Gasteiger partial charge in [-0.2, -0.15) is 0 Å². The molecule has 0 spiro atoms. The molecule has 0 aromatic heterocycles. The number of benzene rings is 2. The largest absolute Gasteiger partial charge is 0.507 e. The summed E-state index contributed by atoms with van der Waals surface area (Å²) in [5.41, 5.74) is 1.47. The minimum atomic E-state index is -0.452. The molecular weight excluding hydrogens is 240 g/mol. The zero-order valence-corrected chi connectivity index (χ0v) is 11.0. The smallest absolute Gasteiger partial charge is 0.141 e. The molecule has 0 radical (unpaired) electrons. The summed E-state index contributed by atoms with van der Waals surface area (Å²) in [6.45, 7) is 1.53. The van der Waals surface area contributed by atoms with Gasteiger partial charge in [0.2, 0.25) is 0 Å². The first-order valence-corrected chi connectivity index (χ1v) is 6.05. The minimum absolute atomic E-state index is 0.00772. The Morgan fingerprint density at radius 1 is 1.16 bits per heavy atom. The summed E-state index contributed by atoms with van der Waals surface area (Å²) in [5.74, 6) is 0.179. The number of rotatable bonds is 4. The molecule has 3 heteroatoms. The summed E-state index contributed by atoms with van der Waals surface area (Å²) in [6, 6.07) is 14.4. The maximum absolute atomic E-state index is 11.9. The maximum Gasteiger partial charge on any atom is 0.141 e. The van der Waals surface area contributed by atoms with Gasteiger partial charge < -0.3 is 9.84 Å². The molecule has 1 unspecified atom stereocenters. The van der Waals surface area contributed by atoms with Gasteiger partial charge in [0.1, 0.15) is 17.3 Å². The quantitative estimate of drug-likeness (QED) is 0.914. The molecule has 0 fully saturated rings. The molecule has 0 bridgehead atoms. The van der Waals surface area contributed by atoms with E-state index in [4.69, 9.17) is 4.74 Å². The van der Waals surface area contributed by atoms with Crippen molar-refractivity contribution in [3.8, 4) is 11.5 Å². The predicted octanol–water partition coefficient (Wildman–Crippen LogP) is 3.12. The number of carbonyl (C=O) groups is 1. The van der Waals surface area contributed by atoms with Gasteiger partial charge in [0.15, 0.2) is 0 Å².